The Hall–Kier alpha value is -2.06. The lowest BCUT2D eigenvalue weighted by Gasteiger charge is -2.07. The number of carbonyl (C=O) groups is 1. The standard InChI is InChI=1S/C12H12ClN3O4S/c1-16-7-14-11(10(16)13)21(18,19)15-9-5-3-4-8(6-9)12(17)20-2/h3-7,15H,1-2H3. The van der Waals surface area contributed by atoms with E-state index in [4.69, 9.17) is 11.6 Å². The smallest absolute Gasteiger partial charge is 0.337 e. The number of esters is 1. The van der Waals surface area contributed by atoms with Gasteiger partial charge >= 0.3 is 5.97 Å². The van der Waals surface area contributed by atoms with Crippen molar-refractivity contribution in [2.45, 2.75) is 5.03 Å². The highest BCUT2D eigenvalue weighted by molar-refractivity contribution is 7.92. The normalized spacial score (nSPS) is 11.2. The SMILES string of the molecule is COC(=O)c1cccc(NS(=O)(=O)c2ncn(C)c2Cl)c1. The van der Waals surface area contributed by atoms with Crippen LogP contribution >= 0.6 is 11.6 Å². The summed E-state index contributed by atoms with van der Waals surface area (Å²) < 4.78 is 32.7. The quantitative estimate of drug-likeness (QED) is 0.861. The van der Waals surface area contributed by atoms with Crippen molar-refractivity contribution in [1.82, 2.24) is 9.55 Å². The molecule has 0 saturated heterocycles. The Labute approximate surface area is 126 Å². The third-order valence-corrected chi connectivity index (χ3v) is 4.49. The average molecular weight is 330 g/mol. The van der Waals surface area contributed by atoms with E-state index >= 15 is 0 Å². The Morgan fingerprint density at radius 3 is 2.71 bits per heavy atom. The number of nitrogens with one attached hydrogen (secondary N) is 1. The Kier molecular flexibility index (Phi) is 4.19. The second-order valence-electron chi connectivity index (χ2n) is 4.13. The van der Waals surface area contributed by atoms with Gasteiger partial charge in [-0.1, -0.05) is 17.7 Å². The Bertz CT molecular complexity index is 786. The molecule has 21 heavy (non-hydrogen) atoms. The van der Waals surface area contributed by atoms with Crippen molar-refractivity contribution in [2.24, 2.45) is 7.05 Å². The van der Waals surface area contributed by atoms with Gasteiger partial charge in [-0.05, 0) is 18.2 Å². The monoisotopic (exact) mass is 329 g/mol. The zero-order valence-corrected chi connectivity index (χ0v) is 12.8. The maximum Gasteiger partial charge on any atom is 0.337 e. The number of hydrogen-bond acceptors (Lipinski definition) is 5. The Morgan fingerprint density at radius 2 is 2.14 bits per heavy atom. The van der Waals surface area contributed by atoms with Gasteiger partial charge in [-0.2, -0.15) is 8.42 Å². The molecule has 0 amide bonds. The molecular weight excluding hydrogens is 318 g/mol. The molecule has 0 fully saturated rings. The maximum absolute atomic E-state index is 12.2. The Morgan fingerprint density at radius 1 is 1.43 bits per heavy atom. The molecule has 112 valence electrons. The molecule has 0 unspecified atom stereocenters. The van der Waals surface area contributed by atoms with Crippen LogP contribution in [0.15, 0.2) is 35.6 Å². The zero-order chi connectivity index (χ0) is 15.6. The summed E-state index contributed by atoms with van der Waals surface area (Å²) in [6, 6.07) is 5.91. The summed E-state index contributed by atoms with van der Waals surface area (Å²) in [5.41, 5.74) is 0.435. The summed E-state index contributed by atoms with van der Waals surface area (Å²) >= 11 is 5.87. The average Bonchev–Trinajstić information content (AvgIpc) is 2.78. The van der Waals surface area contributed by atoms with Gasteiger partial charge in [0, 0.05) is 12.7 Å². The molecule has 0 saturated carbocycles. The highest BCUT2D eigenvalue weighted by Crippen LogP contribution is 2.22. The maximum atomic E-state index is 12.2. The number of benzene rings is 1. The summed E-state index contributed by atoms with van der Waals surface area (Å²) in [6.07, 6.45) is 1.29. The van der Waals surface area contributed by atoms with E-state index in [1.807, 2.05) is 0 Å². The van der Waals surface area contributed by atoms with Gasteiger partial charge in [-0.3, -0.25) is 4.72 Å². The number of carbonyl (C=O) groups excluding carboxylic acids is 1. The summed E-state index contributed by atoms with van der Waals surface area (Å²) in [6.45, 7) is 0. The van der Waals surface area contributed by atoms with Crippen LogP contribution in [-0.2, 0) is 21.8 Å². The van der Waals surface area contributed by atoms with Gasteiger partial charge in [0.15, 0.2) is 0 Å². The predicted octanol–water partition coefficient (Wildman–Crippen LogP) is 1.66. The van der Waals surface area contributed by atoms with Crippen molar-refractivity contribution in [3.8, 4) is 0 Å². The van der Waals surface area contributed by atoms with E-state index in [-0.39, 0.29) is 21.4 Å². The third kappa shape index (κ3) is 3.17. The molecule has 0 aliphatic rings. The van der Waals surface area contributed by atoms with E-state index in [0.717, 1.165) is 0 Å². The lowest BCUT2D eigenvalue weighted by atomic mass is 10.2. The number of ether oxygens (including phenoxy) is 1. The number of nitrogens with zero attached hydrogens (tertiary/aromatic N) is 2. The van der Waals surface area contributed by atoms with Gasteiger partial charge < -0.3 is 9.30 Å². The number of methoxy groups -OCH3 is 1. The molecule has 0 radical (unpaired) electrons. The van der Waals surface area contributed by atoms with Crippen molar-refractivity contribution in [3.63, 3.8) is 0 Å². The first-order chi connectivity index (χ1) is 9.85. The predicted molar refractivity (Wildman–Crippen MR) is 76.8 cm³/mol. The van der Waals surface area contributed by atoms with Crippen molar-refractivity contribution in [2.75, 3.05) is 11.8 Å². The van der Waals surface area contributed by atoms with Crippen molar-refractivity contribution < 1.29 is 17.9 Å². The van der Waals surface area contributed by atoms with Crippen LogP contribution in [0.3, 0.4) is 0 Å². The molecular formula is C12H12ClN3O4S. The number of aryl methyl sites for hydroxylation is 1. The number of halogens is 1. The number of imidazole rings is 1. The van der Waals surface area contributed by atoms with Crippen LogP contribution in [0, 0.1) is 0 Å². The fourth-order valence-corrected chi connectivity index (χ4v) is 3.09. The van der Waals surface area contributed by atoms with Crippen LogP contribution in [-0.4, -0.2) is 31.0 Å². The minimum Gasteiger partial charge on any atom is -0.465 e. The van der Waals surface area contributed by atoms with E-state index in [1.165, 1.54) is 42.3 Å². The van der Waals surface area contributed by atoms with Crippen molar-refractivity contribution in [1.29, 1.82) is 0 Å². The highest BCUT2D eigenvalue weighted by Gasteiger charge is 2.22. The van der Waals surface area contributed by atoms with Gasteiger partial charge in [0.2, 0.25) is 5.03 Å². The molecule has 0 atom stereocenters. The largest absolute Gasteiger partial charge is 0.465 e. The lowest BCUT2D eigenvalue weighted by molar-refractivity contribution is 0.0601. The first-order valence-corrected chi connectivity index (χ1v) is 7.59. The van der Waals surface area contributed by atoms with E-state index < -0.39 is 16.0 Å². The van der Waals surface area contributed by atoms with Gasteiger partial charge in [-0.15, -0.1) is 0 Å². The molecule has 1 N–H and O–H groups in total. The molecule has 0 aliphatic heterocycles. The molecule has 0 aliphatic carbocycles. The first kappa shape index (κ1) is 15.3. The molecule has 7 nitrogen and oxygen atoms in total. The second kappa shape index (κ2) is 5.74. The van der Waals surface area contributed by atoms with Crippen LogP contribution in [0.2, 0.25) is 5.15 Å². The molecule has 0 spiro atoms. The first-order valence-electron chi connectivity index (χ1n) is 5.73. The molecule has 2 aromatic rings. The zero-order valence-electron chi connectivity index (χ0n) is 11.2. The minimum atomic E-state index is -3.94. The summed E-state index contributed by atoms with van der Waals surface area (Å²) in [5, 5.41) is -0.290. The minimum absolute atomic E-state index is 0.00776. The number of aromatic nitrogens is 2. The summed E-state index contributed by atoms with van der Waals surface area (Å²) in [5.74, 6) is -0.563. The van der Waals surface area contributed by atoms with Crippen LogP contribution in [0.1, 0.15) is 10.4 Å². The molecule has 1 aromatic heterocycles. The molecule has 0 bridgehead atoms. The fraction of sp³-hybridized carbons (Fsp3) is 0.167. The third-order valence-electron chi connectivity index (χ3n) is 2.62. The van der Waals surface area contributed by atoms with E-state index in [9.17, 15) is 13.2 Å². The number of hydrogen-bond donors (Lipinski definition) is 1. The van der Waals surface area contributed by atoms with E-state index in [2.05, 4.69) is 14.4 Å². The van der Waals surface area contributed by atoms with E-state index in [1.54, 1.807) is 7.05 Å². The summed E-state index contributed by atoms with van der Waals surface area (Å²) in [4.78, 5) is 15.2. The summed E-state index contributed by atoms with van der Waals surface area (Å²) in [7, 11) is -1.12. The van der Waals surface area contributed by atoms with E-state index in [0.29, 0.717) is 0 Å². The molecule has 2 rings (SSSR count). The number of sulfonamides is 1. The second-order valence-corrected chi connectivity index (χ2v) is 6.09. The molecule has 1 heterocycles. The van der Waals surface area contributed by atoms with Gasteiger partial charge in [0.1, 0.15) is 5.15 Å². The molecule has 1 aromatic carbocycles. The topological polar surface area (TPSA) is 90.3 Å². The fourth-order valence-electron chi connectivity index (χ4n) is 1.61. The van der Waals surface area contributed by atoms with Crippen LogP contribution < -0.4 is 4.72 Å². The van der Waals surface area contributed by atoms with Crippen LogP contribution in [0.5, 0.6) is 0 Å². The Balaban J connectivity index is 2.33. The highest BCUT2D eigenvalue weighted by atomic mass is 35.5. The van der Waals surface area contributed by atoms with Crippen LogP contribution in [0.25, 0.3) is 0 Å². The number of rotatable bonds is 4. The van der Waals surface area contributed by atoms with Gasteiger partial charge in [-0.25, -0.2) is 9.78 Å². The van der Waals surface area contributed by atoms with Gasteiger partial charge in [0.05, 0.1) is 19.0 Å². The van der Waals surface area contributed by atoms with Crippen molar-refractivity contribution in [3.05, 3.63) is 41.3 Å². The molecule has 9 heteroatoms. The lowest BCUT2D eigenvalue weighted by Crippen LogP contribution is -2.14. The number of anilines is 1. The van der Waals surface area contributed by atoms with Crippen LogP contribution in [0.4, 0.5) is 5.69 Å². The van der Waals surface area contributed by atoms with Gasteiger partial charge in [0.25, 0.3) is 10.0 Å². The van der Waals surface area contributed by atoms with Crippen molar-refractivity contribution >= 4 is 33.3 Å².